The first kappa shape index (κ1) is 9.97. The van der Waals surface area contributed by atoms with E-state index in [0.29, 0.717) is 0 Å². The van der Waals surface area contributed by atoms with Crippen LogP contribution < -0.4 is 0 Å². The normalized spacial score (nSPS) is 10.9. The highest BCUT2D eigenvalue weighted by atomic mass is 15.1. The van der Waals surface area contributed by atoms with Crippen LogP contribution in [0.2, 0.25) is 0 Å². The summed E-state index contributed by atoms with van der Waals surface area (Å²) >= 11 is 0. The van der Waals surface area contributed by atoms with E-state index in [1.807, 2.05) is 6.08 Å². The number of H-pyrrole nitrogens is 1. The molecule has 0 bridgehead atoms. The van der Waals surface area contributed by atoms with Crippen LogP contribution in [-0.4, -0.2) is 10.2 Å². The third kappa shape index (κ3) is 1.46. The van der Waals surface area contributed by atoms with Crippen molar-refractivity contribution < 1.29 is 0 Å². The zero-order valence-corrected chi connectivity index (χ0v) is 9.52. The number of aromatic nitrogens is 2. The van der Waals surface area contributed by atoms with Gasteiger partial charge in [-0.3, -0.25) is 5.10 Å². The maximum atomic E-state index is 4.33. The van der Waals surface area contributed by atoms with Crippen LogP contribution in [0.1, 0.15) is 22.4 Å². The summed E-state index contributed by atoms with van der Waals surface area (Å²) in [6, 6.07) is 2.14. The minimum absolute atomic E-state index is 0.847. The Kier molecular flexibility index (Phi) is 2.35. The van der Waals surface area contributed by atoms with Gasteiger partial charge in [0.15, 0.2) is 0 Å². The third-order valence-corrected chi connectivity index (χ3v) is 3.10. The smallest absolute Gasteiger partial charge is 0.0929 e. The molecule has 2 aromatic rings. The van der Waals surface area contributed by atoms with Crippen LogP contribution in [-0.2, 0) is 6.42 Å². The monoisotopic (exact) mass is 200 g/mol. The van der Waals surface area contributed by atoms with Crippen LogP contribution >= 0.6 is 0 Å². The fourth-order valence-electron chi connectivity index (χ4n) is 2.01. The minimum atomic E-state index is 0.847. The molecule has 0 fully saturated rings. The second kappa shape index (κ2) is 3.54. The highest BCUT2D eigenvalue weighted by Crippen LogP contribution is 2.26. The van der Waals surface area contributed by atoms with Gasteiger partial charge in [-0.05, 0) is 43.5 Å². The van der Waals surface area contributed by atoms with Crippen molar-refractivity contribution in [1.29, 1.82) is 0 Å². The van der Waals surface area contributed by atoms with E-state index in [9.17, 15) is 0 Å². The van der Waals surface area contributed by atoms with E-state index >= 15 is 0 Å². The molecule has 2 nitrogen and oxygen atoms in total. The highest BCUT2D eigenvalue weighted by molar-refractivity contribution is 5.86. The van der Waals surface area contributed by atoms with E-state index < -0.39 is 0 Å². The Balaban J connectivity index is 2.79. The number of nitrogens with zero attached hydrogens (tertiary/aromatic N) is 1. The molecule has 1 N–H and O–H groups in total. The van der Waals surface area contributed by atoms with E-state index in [4.69, 9.17) is 0 Å². The summed E-state index contributed by atoms with van der Waals surface area (Å²) in [5, 5.41) is 8.68. The Labute approximate surface area is 90.0 Å². The second-order valence-corrected chi connectivity index (χ2v) is 4.03. The lowest BCUT2D eigenvalue weighted by Gasteiger charge is -2.06. The fraction of sp³-hybridized carbons (Fsp3) is 0.308. The Morgan fingerprint density at radius 2 is 2.07 bits per heavy atom. The van der Waals surface area contributed by atoms with Crippen LogP contribution in [0.3, 0.4) is 0 Å². The number of aryl methyl sites for hydroxylation is 2. The van der Waals surface area contributed by atoms with Crippen LogP contribution in [0.15, 0.2) is 18.7 Å². The molecular weight excluding hydrogens is 184 g/mol. The van der Waals surface area contributed by atoms with Crippen LogP contribution in [0.4, 0.5) is 0 Å². The second-order valence-electron chi connectivity index (χ2n) is 4.03. The average molecular weight is 200 g/mol. The molecule has 0 spiro atoms. The maximum Gasteiger partial charge on any atom is 0.0929 e. The molecule has 1 aromatic heterocycles. The van der Waals surface area contributed by atoms with Gasteiger partial charge in [-0.25, -0.2) is 0 Å². The van der Waals surface area contributed by atoms with Crippen LogP contribution in [0, 0.1) is 20.8 Å². The zero-order chi connectivity index (χ0) is 11.0. The number of nitrogens with one attached hydrogen (secondary N) is 1. The molecule has 78 valence electrons. The third-order valence-electron chi connectivity index (χ3n) is 3.10. The standard InChI is InChI=1S/C13H16N2/c1-5-6-11-13-10(4)9(3)8(2)7-12(13)15-14-11/h5,7H,1,6H2,2-4H3,(H,14,15). The zero-order valence-electron chi connectivity index (χ0n) is 9.52. The van der Waals surface area contributed by atoms with Gasteiger partial charge < -0.3 is 0 Å². The minimum Gasteiger partial charge on any atom is -0.281 e. The molecule has 0 aliphatic carbocycles. The Morgan fingerprint density at radius 1 is 1.33 bits per heavy atom. The van der Waals surface area contributed by atoms with Crippen molar-refractivity contribution in [3.05, 3.63) is 41.1 Å². The summed E-state index contributed by atoms with van der Waals surface area (Å²) in [6.45, 7) is 10.2. The Hall–Kier alpha value is -1.57. The molecule has 0 radical (unpaired) electrons. The summed E-state index contributed by atoms with van der Waals surface area (Å²) in [7, 11) is 0. The van der Waals surface area contributed by atoms with Crippen molar-refractivity contribution in [3.8, 4) is 0 Å². The molecule has 0 amide bonds. The van der Waals surface area contributed by atoms with Crippen molar-refractivity contribution in [1.82, 2.24) is 10.2 Å². The van der Waals surface area contributed by atoms with E-state index in [0.717, 1.165) is 11.9 Å². The summed E-state index contributed by atoms with van der Waals surface area (Å²) in [5.41, 5.74) is 6.22. The summed E-state index contributed by atoms with van der Waals surface area (Å²) < 4.78 is 0. The molecule has 0 aliphatic rings. The highest BCUT2D eigenvalue weighted by Gasteiger charge is 2.10. The van der Waals surface area contributed by atoms with Crippen molar-refractivity contribution in [2.45, 2.75) is 27.2 Å². The van der Waals surface area contributed by atoms with Gasteiger partial charge >= 0.3 is 0 Å². The predicted molar refractivity (Wildman–Crippen MR) is 64.2 cm³/mol. The van der Waals surface area contributed by atoms with Gasteiger partial charge in [-0.15, -0.1) is 6.58 Å². The van der Waals surface area contributed by atoms with Gasteiger partial charge in [0.25, 0.3) is 0 Å². The first-order valence-corrected chi connectivity index (χ1v) is 5.19. The van der Waals surface area contributed by atoms with Gasteiger partial charge in [0.05, 0.1) is 5.52 Å². The first-order chi connectivity index (χ1) is 7.15. The molecule has 0 unspecified atom stereocenters. The van der Waals surface area contributed by atoms with E-state index in [-0.39, 0.29) is 0 Å². The van der Waals surface area contributed by atoms with Crippen LogP contribution in [0.5, 0.6) is 0 Å². The number of hydrogen-bond acceptors (Lipinski definition) is 1. The van der Waals surface area contributed by atoms with Gasteiger partial charge in [0, 0.05) is 17.5 Å². The molecule has 0 saturated heterocycles. The fourth-order valence-corrected chi connectivity index (χ4v) is 2.01. The quantitative estimate of drug-likeness (QED) is 0.741. The van der Waals surface area contributed by atoms with Crippen molar-refractivity contribution in [2.24, 2.45) is 0 Å². The summed E-state index contributed by atoms with van der Waals surface area (Å²) in [5.74, 6) is 0. The lowest BCUT2D eigenvalue weighted by molar-refractivity contribution is 1.03. The average Bonchev–Trinajstić information content (AvgIpc) is 2.59. The number of allylic oxidation sites excluding steroid dienone is 1. The van der Waals surface area contributed by atoms with E-state index in [1.165, 1.54) is 27.8 Å². The summed E-state index contributed by atoms with van der Waals surface area (Å²) in [4.78, 5) is 0. The largest absolute Gasteiger partial charge is 0.281 e. The van der Waals surface area contributed by atoms with E-state index in [1.54, 1.807) is 0 Å². The summed E-state index contributed by atoms with van der Waals surface area (Å²) in [6.07, 6.45) is 2.75. The molecule has 1 heterocycles. The molecular formula is C13H16N2. The molecule has 0 aliphatic heterocycles. The molecule has 1 aromatic carbocycles. The van der Waals surface area contributed by atoms with Gasteiger partial charge in [0.1, 0.15) is 0 Å². The molecule has 0 atom stereocenters. The number of rotatable bonds is 2. The van der Waals surface area contributed by atoms with Crippen LogP contribution in [0.25, 0.3) is 10.9 Å². The molecule has 2 rings (SSSR count). The molecule has 0 saturated carbocycles. The first-order valence-electron chi connectivity index (χ1n) is 5.19. The number of hydrogen-bond donors (Lipinski definition) is 1. The van der Waals surface area contributed by atoms with Gasteiger partial charge in [-0.1, -0.05) is 6.08 Å². The molecule has 15 heavy (non-hydrogen) atoms. The molecule has 2 heteroatoms. The van der Waals surface area contributed by atoms with Gasteiger partial charge in [-0.2, -0.15) is 5.10 Å². The van der Waals surface area contributed by atoms with Crippen molar-refractivity contribution in [3.63, 3.8) is 0 Å². The Bertz CT molecular complexity index is 521. The predicted octanol–water partition coefficient (Wildman–Crippen LogP) is 3.22. The Morgan fingerprint density at radius 3 is 2.73 bits per heavy atom. The number of fused-ring (bicyclic) bond motifs is 1. The van der Waals surface area contributed by atoms with Crippen molar-refractivity contribution in [2.75, 3.05) is 0 Å². The topological polar surface area (TPSA) is 28.7 Å². The lowest BCUT2D eigenvalue weighted by atomic mass is 9.98. The lowest BCUT2D eigenvalue weighted by Crippen LogP contribution is -1.89. The van der Waals surface area contributed by atoms with Crippen molar-refractivity contribution >= 4 is 10.9 Å². The van der Waals surface area contributed by atoms with E-state index in [2.05, 4.69) is 43.6 Å². The number of aromatic amines is 1. The maximum absolute atomic E-state index is 4.33. The SMILES string of the molecule is C=CCc1[nH]nc2cc(C)c(C)c(C)c12. The van der Waals surface area contributed by atoms with Gasteiger partial charge in [0.2, 0.25) is 0 Å². The number of benzene rings is 1.